The Bertz CT molecular complexity index is 589. The van der Waals surface area contributed by atoms with Crippen LogP contribution < -0.4 is 5.73 Å². The highest BCUT2D eigenvalue weighted by Gasteiger charge is 2.17. The number of anilines is 1. The Morgan fingerprint density at radius 1 is 1.35 bits per heavy atom. The lowest BCUT2D eigenvalue weighted by atomic mass is 10.0. The Labute approximate surface area is 113 Å². The molecule has 0 aliphatic heterocycles. The number of carbonyl (C=O) groups excluding carboxylic acids is 1. The first kappa shape index (κ1) is 12.3. The zero-order valence-corrected chi connectivity index (χ0v) is 12.0. The van der Waals surface area contributed by atoms with Crippen molar-refractivity contribution in [1.29, 1.82) is 0 Å². The molecule has 2 aromatic rings. The number of thiophene rings is 1. The Hall–Kier alpha value is -1.13. The second-order valence-electron chi connectivity index (χ2n) is 3.88. The third-order valence-corrected chi connectivity index (χ3v) is 4.57. The molecule has 0 saturated heterocycles. The summed E-state index contributed by atoms with van der Waals surface area (Å²) in [7, 11) is 0. The minimum absolute atomic E-state index is 0.0276. The molecule has 0 aliphatic carbocycles. The number of ketones is 1. The summed E-state index contributed by atoms with van der Waals surface area (Å²) in [4.78, 5) is 14.2. The van der Waals surface area contributed by atoms with Crippen molar-refractivity contribution >= 4 is 38.7 Å². The zero-order chi connectivity index (χ0) is 12.6. The third kappa shape index (κ3) is 2.28. The van der Waals surface area contributed by atoms with E-state index in [2.05, 4.69) is 15.9 Å². The van der Waals surface area contributed by atoms with E-state index >= 15 is 0 Å². The van der Waals surface area contributed by atoms with E-state index in [1.54, 1.807) is 6.07 Å². The Balaban J connectivity index is 2.51. The normalized spacial score (nSPS) is 10.5. The van der Waals surface area contributed by atoms with Crippen LogP contribution in [0.3, 0.4) is 0 Å². The molecule has 0 bridgehead atoms. The van der Waals surface area contributed by atoms with Crippen molar-refractivity contribution in [2.75, 3.05) is 5.73 Å². The number of nitrogen functional groups attached to an aromatic ring is 1. The lowest BCUT2D eigenvalue weighted by molar-refractivity contribution is 0.104. The van der Waals surface area contributed by atoms with E-state index in [1.807, 2.05) is 32.0 Å². The molecule has 88 valence electrons. The van der Waals surface area contributed by atoms with Crippen LogP contribution in [-0.2, 0) is 0 Å². The van der Waals surface area contributed by atoms with E-state index in [0.717, 1.165) is 19.8 Å². The van der Waals surface area contributed by atoms with Crippen LogP contribution in [0.2, 0.25) is 0 Å². The molecule has 17 heavy (non-hydrogen) atoms. The van der Waals surface area contributed by atoms with Crippen molar-refractivity contribution in [3.63, 3.8) is 0 Å². The van der Waals surface area contributed by atoms with Crippen LogP contribution in [0.25, 0.3) is 0 Å². The van der Waals surface area contributed by atoms with Gasteiger partial charge in [0.2, 0.25) is 5.78 Å². The predicted molar refractivity (Wildman–Crippen MR) is 75.8 cm³/mol. The number of rotatable bonds is 2. The van der Waals surface area contributed by atoms with Gasteiger partial charge in [-0.15, -0.1) is 11.3 Å². The second-order valence-corrected chi connectivity index (χ2v) is 5.99. The van der Waals surface area contributed by atoms with Gasteiger partial charge in [0.25, 0.3) is 0 Å². The quantitative estimate of drug-likeness (QED) is 0.674. The maximum atomic E-state index is 12.4. The Morgan fingerprint density at radius 2 is 2.06 bits per heavy atom. The van der Waals surface area contributed by atoms with Gasteiger partial charge in [-0.25, -0.2) is 0 Å². The fourth-order valence-corrected chi connectivity index (χ4v) is 3.44. The minimum Gasteiger partial charge on any atom is -0.398 e. The summed E-state index contributed by atoms with van der Waals surface area (Å²) in [5.41, 5.74) is 7.99. The molecule has 0 amide bonds. The molecule has 0 spiro atoms. The van der Waals surface area contributed by atoms with Crippen molar-refractivity contribution in [2.24, 2.45) is 0 Å². The first-order chi connectivity index (χ1) is 8.00. The van der Waals surface area contributed by atoms with E-state index in [1.165, 1.54) is 11.3 Å². The minimum atomic E-state index is 0.0276. The van der Waals surface area contributed by atoms with Gasteiger partial charge in [0.1, 0.15) is 0 Å². The third-order valence-electron chi connectivity index (χ3n) is 2.64. The van der Waals surface area contributed by atoms with Crippen molar-refractivity contribution in [3.8, 4) is 0 Å². The maximum absolute atomic E-state index is 12.4. The fourth-order valence-electron chi connectivity index (χ4n) is 1.66. The first-order valence-electron chi connectivity index (χ1n) is 5.16. The summed E-state index contributed by atoms with van der Waals surface area (Å²) >= 11 is 4.91. The van der Waals surface area contributed by atoms with Crippen molar-refractivity contribution in [1.82, 2.24) is 0 Å². The summed E-state index contributed by atoms with van der Waals surface area (Å²) < 4.78 is 0.854. The average molecular weight is 310 g/mol. The van der Waals surface area contributed by atoms with Gasteiger partial charge in [-0.1, -0.05) is 12.1 Å². The van der Waals surface area contributed by atoms with Gasteiger partial charge in [0.05, 0.1) is 4.88 Å². The largest absolute Gasteiger partial charge is 0.398 e. The number of carbonyl (C=O) groups is 1. The molecule has 1 aromatic heterocycles. The molecular weight excluding hydrogens is 298 g/mol. The smallest absolute Gasteiger partial charge is 0.204 e. The van der Waals surface area contributed by atoms with E-state index < -0.39 is 0 Å². The van der Waals surface area contributed by atoms with Gasteiger partial charge >= 0.3 is 0 Å². The van der Waals surface area contributed by atoms with Crippen molar-refractivity contribution in [3.05, 3.63) is 49.6 Å². The number of hydrogen-bond donors (Lipinski definition) is 1. The summed E-state index contributed by atoms with van der Waals surface area (Å²) in [6.07, 6.45) is 0. The average Bonchev–Trinajstić information content (AvgIpc) is 2.61. The van der Waals surface area contributed by atoms with Gasteiger partial charge in [-0.2, -0.15) is 0 Å². The summed E-state index contributed by atoms with van der Waals surface area (Å²) in [6.45, 7) is 3.86. The maximum Gasteiger partial charge on any atom is 0.204 e. The van der Waals surface area contributed by atoms with E-state index in [4.69, 9.17) is 5.73 Å². The highest BCUT2D eigenvalue weighted by atomic mass is 79.9. The molecular formula is C13H12BrNOS. The lowest BCUT2D eigenvalue weighted by Gasteiger charge is -2.06. The second kappa shape index (κ2) is 4.63. The molecule has 0 radical (unpaired) electrons. The lowest BCUT2D eigenvalue weighted by Crippen LogP contribution is -2.04. The van der Waals surface area contributed by atoms with E-state index in [-0.39, 0.29) is 5.78 Å². The molecule has 2 nitrogen and oxygen atoms in total. The van der Waals surface area contributed by atoms with Gasteiger partial charge in [0, 0.05) is 20.6 Å². The van der Waals surface area contributed by atoms with Crippen LogP contribution in [0.5, 0.6) is 0 Å². The van der Waals surface area contributed by atoms with Crippen LogP contribution in [0, 0.1) is 13.8 Å². The highest BCUT2D eigenvalue weighted by Crippen LogP contribution is 2.30. The number of nitrogens with two attached hydrogens (primary N) is 1. The van der Waals surface area contributed by atoms with Crippen LogP contribution >= 0.6 is 27.3 Å². The van der Waals surface area contributed by atoms with Crippen LogP contribution in [0.4, 0.5) is 5.69 Å². The van der Waals surface area contributed by atoms with Crippen LogP contribution in [-0.4, -0.2) is 5.78 Å². The van der Waals surface area contributed by atoms with Gasteiger partial charge in [-0.05, 0) is 47.5 Å². The van der Waals surface area contributed by atoms with Crippen LogP contribution in [0.1, 0.15) is 25.7 Å². The monoisotopic (exact) mass is 309 g/mol. The summed E-state index contributed by atoms with van der Waals surface area (Å²) in [5, 5.41) is 0. The highest BCUT2D eigenvalue weighted by molar-refractivity contribution is 9.10. The molecule has 0 atom stereocenters. The molecule has 0 unspecified atom stereocenters. The molecule has 0 aliphatic rings. The van der Waals surface area contributed by atoms with Gasteiger partial charge in [-0.3, -0.25) is 4.79 Å². The number of halogens is 1. The molecule has 2 rings (SSSR count). The van der Waals surface area contributed by atoms with E-state index in [9.17, 15) is 4.79 Å². The fraction of sp³-hybridized carbons (Fsp3) is 0.154. The Morgan fingerprint density at radius 3 is 2.65 bits per heavy atom. The number of benzene rings is 1. The molecule has 4 heteroatoms. The molecule has 1 heterocycles. The summed E-state index contributed by atoms with van der Waals surface area (Å²) in [6, 6.07) is 7.39. The van der Waals surface area contributed by atoms with Crippen LogP contribution in [0.15, 0.2) is 28.7 Å². The van der Waals surface area contributed by atoms with Crippen molar-refractivity contribution < 1.29 is 4.79 Å². The molecule has 0 saturated carbocycles. The number of aryl methyl sites for hydroxylation is 1. The predicted octanol–water partition coefficient (Wildman–Crippen LogP) is 3.94. The zero-order valence-electron chi connectivity index (χ0n) is 9.58. The molecule has 2 N–H and O–H groups in total. The Kier molecular flexibility index (Phi) is 3.35. The first-order valence-corrected chi connectivity index (χ1v) is 6.77. The molecule has 1 aromatic carbocycles. The standard InChI is InChI=1S/C13H12BrNOS/c1-7-6-10(14)13(17-7)12(16)9-4-3-5-11(15)8(9)2/h3-6H,15H2,1-2H3. The van der Waals surface area contributed by atoms with E-state index in [0.29, 0.717) is 11.3 Å². The SMILES string of the molecule is Cc1cc(Br)c(C(=O)c2cccc(N)c2C)s1. The topological polar surface area (TPSA) is 43.1 Å². The summed E-state index contributed by atoms with van der Waals surface area (Å²) in [5.74, 6) is 0.0276. The molecule has 0 fully saturated rings. The van der Waals surface area contributed by atoms with Gasteiger partial charge < -0.3 is 5.73 Å². The number of hydrogen-bond acceptors (Lipinski definition) is 3. The van der Waals surface area contributed by atoms with Gasteiger partial charge in [0.15, 0.2) is 0 Å². The van der Waals surface area contributed by atoms with Crippen molar-refractivity contribution in [2.45, 2.75) is 13.8 Å².